The zero-order chi connectivity index (χ0) is 12.3. The second-order valence-corrected chi connectivity index (χ2v) is 3.93. The second-order valence-electron chi connectivity index (χ2n) is 3.93. The standard InChI is InChI=1S/C14H14N2O/c1-16(8-9-17)14-7-6-11(10-15)12-4-2-3-5-13(12)14/h2-7,17H,8-9H2,1H3. The highest BCUT2D eigenvalue weighted by atomic mass is 16.3. The Hall–Kier alpha value is -2.05. The Bertz CT molecular complexity index is 572. The van der Waals surface area contributed by atoms with Gasteiger partial charge in [-0.2, -0.15) is 5.26 Å². The van der Waals surface area contributed by atoms with E-state index in [0.29, 0.717) is 12.1 Å². The highest BCUT2D eigenvalue weighted by molar-refractivity contribution is 5.97. The fourth-order valence-corrected chi connectivity index (χ4v) is 1.98. The molecule has 0 amide bonds. The van der Waals surface area contributed by atoms with Crippen LogP contribution in [0.15, 0.2) is 36.4 Å². The first-order chi connectivity index (χ1) is 8.27. The van der Waals surface area contributed by atoms with Crippen molar-refractivity contribution in [3.8, 4) is 6.07 Å². The van der Waals surface area contributed by atoms with Crippen LogP contribution in [-0.2, 0) is 0 Å². The van der Waals surface area contributed by atoms with Crippen molar-refractivity contribution in [2.45, 2.75) is 0 Å². The fraction of sp³-hybridized carbons (Fsp3) is 0.214. The van der Waals surface area contributed by atoms with Crippen LogP contribution in [0.2, 0.25) is 0 Å². The van der Waals surface area contributed by atoms with Gasteiger partial charge in [0.05, 0.1) is 18.2 Å². The summed E-state index contributed by atoms with van der Waals surface area (Å²) in [6.07, 6.45) is 0. The van der Waals surface area contributed by atoms with Gasteiger partial charge in [0.1, 0.15) is 0 Å². The van der Waals surface area contributed by atoms with Crippen molar-refractivity contribution in [1.82, 2.24) is 0 Å². The summed E-state index contributed by atoms with van der Waals surface area (Å²) in [5, 5.41) is 20.0. The minimum absolute atomic E-state index is 0.116. The van der Waals surface area contributed by atoms with Gasteiger partial charge in [-0.05, 0) is 12.1 Å². The van der Waals surface area contributed by atoms with Gasteiger partial charge in [0.25, 0.3) is 0 Å². The molecule has 2 rings (SSSR count). The highest BCUT2D eigenvalue weighted by Gasteiger charge is 2.08. The minimum atomic E-state index is 0.116. The Labute approximate surface area is 101 Å². The van der Waals surface area contributed by atoms with E-state index in [4.69, 9.17) is 10.4 Å². The van der Waals surface area contributed by atoms with E-state index in [9.17, 15) is 0 Å². The van der Waals surface area contributed by atoms with Crippen LogP contribution in [-0.4, -0.2) is 25.3 Å². The first kappa shape index (κ1) is 11.4. The Morgan fingerprint density at radius 3 is 2.53 bits per heavy atom. The number of aliphatic hydroxyl groups excluding tert-OH is 1. The Balaban J connectivity index is 2.63. The first-order valence-corrected chi connectivity index (χ1v) is 5.51. The van der Waals surface area contributed by atoms with Crippen LogP contribution in [0.5, 0.6) is 0 Å². The predicted molar refractivity (Wildman–Crippen MR) is 69.0 cm³/mol. The predicted octanol–water partition coefficient (Wildman–Crippen LogP) is 2.14. The van der Waals surface area contributed by atoms with E-state index in [2.05, 4.69) is 6.07 Å². The second kappa shape index (κ2) is 4.86. The minimum Gasteiger partial charge on any atom is -0.395 e. The van der Waals surface area contributed by atoms with Crippen molar-refractivity contribution in [2.75, 3.05) is 25.1 Å². The van der Waals surface area contributed by atoms with Crippen molar-refractivity contribution >= 4 is 16.5 Å². The average molecular weight is 226 g/mol. The summed E-state index contributed by atoms with van der Waals surface area (Å²) in [4.78, 5) is 1.99. The van der Waals surface area contributed by atoms with Gasteiger partial charge in [-0.25, -0.2) is 0 Å². The van der Waals surface area contributed by atoms with Gasteiger partial charge >= 0.3 is 0 Å². The van der Waals surface area contributed by atoms with Crippen LogP contribution in [0, 0.1) is 11.3 Å². The normalized spacial score (nSPS) is 10.2. The maximum absolute atomic E-state index is 9.06. The monoisotopic (exact) mass is 226 g/mol. The molecule has 2 aromatic rings. The van der Waals surface area contributed by atoms with E-state index >= 15 is 0 Å². The molecule has 17 heavy (non-hydrogen) atoms. The molecular formula is C14H14N2O. The van der Waals surface area contributed by atoms with Gasteiger partial charge in [-0.3, -0.25) is 0 Å². The highest BCUT2D eigenvalue weighted by Crippen LogP contribution is 2.28. The number of hydrogen-bond acceptors (Lipinski definition) is 3. The van der Waals surface area contributed by atoms with Crippen LogP contribution in [0.1, 0.15) is 5.56 Å². The molecule has 0 aliphatic carbocycles. The summed E-state index contributed by atoms with van der Waals surface area (Å²) < 4.78 is 0. The van der Waals surface area contributed by atoms with E-state index < -0.39 is 0 Å². The third kappa shape index (κ3) is 2.08. The van der Waals surface area contributed by atoms with E-state index in [1.165, 1.54) is 0 Å². The molecule has 0 fully saturated rings. The summed E-state index contributed by atoms with van der Waals surface area (Å²) >= 11 is 0. The third-order valence-corrected chi connectivity index (χ3v) is 2.87. The average Bonchev–Trinajstić information content (AvgIpc) is 2.37. The lowest BCUT2D eigenvalue weighted by Gasteiger charge is -2.20. The summed E-state index contributed by atoms with van der Waals surface area (Å²) in [6.45, 7) is 0.695. The van der Waals surface area contributed by atoms with Gasteiger partial charge in [0, 0.05) is 30.1 Å². The van der Waals surface area contributed by atoms with Gasteiger partial charge in [0.2, 0.25) is 0 Å². The summed E-state index contributed by atoms with van der Waals surface area (Å²) in [5.74, 6) is 0. The molecule has 0 radical (unpaired) electrons. The molecule has 2 aromatic carbocycles. The summed E-state index contributed by atoms with van der Waals surface area (Å²) in [7, 11) is 1.93. The number of aliphatic hydroxyl groups is 1. The molecule has 3 heteroatoms. The van der Waals surface area contributed by atoms with Crippen molar-refractivity contribution in [3.63, 3.8) is 0 Å². The molecule has 0 heterocycles. The SMILES string of the molecule is CN(CCO)c1ccc(C#N)c2ccccc12. The van der Waals surface area contributed by atoms with E-state index in [1.807, 2.05) is 48.3 Å². The molecule has 0 aliphatic heterocycles. The number of benzene rings is 2. The number of fused-ring (bicyclic) bond motifs is 1. The molecule has 0 saturated carbocycles. The van der Waals surface area contributed by atoms with Crippen molar-refractivity contribution in [1.29, 1.82) is 5.26 Å². The summed E-state index contributed by atoms with van der Waals surface area (Å²) in [5.41, 5.74) is 1.72. The third-order valence-electron chi connectivity index (χ3n) is 2.87. The maximum atomic E-state index is 9.06. The summed E-state index contributed by atoms with van der Waals surface area (Å²) in [6, 6.07) is 13.8. The number of likely N-dealkylation sites (N-methyl/N-ethyl adjacent to an activating group) is 1. The van der Waals surface area contributed by atoms with Crippen molar-refractivity contribution in [3.05, 3.63) is 42.0 Å². The van der Waals surface area contributed by atoms with Gasteiger partial charge in [-0.15, -0.1) is 0 Å². The van der Waals surface area contributed by atoms with Crippen LogP contribution in [0.3, 0.4) is 0 Å². The van der Waals surface area contributed by atoms with Gasteiger partial charge in [-0.1, -0.05) is 24.3 Å². The Morgan fingerprint density at radius 2 is 1.88 bits per heavy atom. The first-order valence-electron chi connectivity index (χ1n) is 5.51. The zero-order valence-electron chi connectivity index (χ0n) is 9.72. The number of hydrogen-bond donors (Lipinski definition) is 1. The maximum Gasteiger partial charge on any atom is 0.0998 e. The van der Waals surface area contributed by atoms with Gasteiger partial charge in [0.15, 0.2) is 0 Å². The molecule has 0 saturated heterocycles. The number of nitriles is 1. The van der Waals surface area contributed by atoms with Crippen LogP contribution in [0.4, 0.5) is 5.69 Å². The van der Waals surface area contributed by atoms with E-state index in [1.54, 1.807) is 0 Å². The number of anilines is 1. The molecule has 0 atom stereocenters. The van der Waals surface area contributed by atoms with Crippen LogP contribution >= 0.6 is 0 Å². The molecular weight excluding hydrogens is 212 g/mol. The number of nitrogens with zero attached hydrogens (tertiary/aromatic N) is 2. The van der Waals surface area contributed by atoms with Crippen LogP contribution in [0.25, 0.3) is 10.8 Å². The lowest BCUT2D eigenvalue weighted by Crippen LogP contribution is -2.21. The topological polar surface area (TPSA) is 47.3 Å². The molecule has 0 unspecified atom stereocenters. The number of rotatable bonds is 3. The molecule has 0 bridgehead atoms. The lowest BCUT2D eigenvalue weighted by molar-refractivity contribution is 0.304. The largest absolute Gasteiger partial charge is 0.395 e. The van der Waals surface area contributed by atoms with Gasteiger partial charge < -0.3 is 10.0 Å². The van der Waals surface area contributed by atoms with Crippen LogP contribution < -0.4 is 4.90 Å². The quantitative estimate of drug-likeness (QED) is 0.872. The van der Waals surface area contributed by atoms with E-state index in [-0.39, 0.29) is 6.61 Å². The fourth-order valence-electron chi connectivity index (χ4n) is 1.98. The van der Waals surface area contributed by atoms with Crippen molar-refractivity contribution < 1.29 is 5.11 Å². The zero-order valence-corrected chi connectivity index (χ0v) is 9.72. The smallest absolute Gasteiger partial charge is 0.0998 e. The van der Waals surface area contributed by atoms with E-state index in [0.717, 1.165) is 16.5 Å². The lowest BCUT2D eigenvalue weighted by atomic mass is 10.0. The Morgan fingerprint density at radius 1 is 1.18 bits per heavy atom. The Kier molecular flexibility index (Phi) is 3.27. The molecule has 1 N–H and O–H groups in total. The molecule has 0 aliphatic rings. The molecule has 0 aromatic heterocycles. The van der Waals surface area contributed by atoms with Crippen molar-refractivity contribution in [2.24, 2.45) is 0 Å². The molecule has 86 valence electrons. The molecule has 3 nitrogen and oxygen atoms in total. The molecule has 0 spiro atoms.